The van der Waals surface area contributed by atoms with Crippen LogP contribution in [-0.2, 0) is 11.3 Å². The average molecular weight is 411 g/mol. The van der Waals surface area contributed by atoms with Crippen LogP contribution in [0.2, 0.25) is 0 Å². The van der Waals surface area contributed by atoms with Gasteiger partial charge >= 0.3 is 6.03 Å². The number of aromatic nitrogens is 4. The Morgan fingerprint density at radius 2 is 1.83 bits per heavy atom. The molecule has 0 aliphatic carbocycles. The SMILES string of the molecule is CCNC(=O)NC(=O)C(C)Sc1nnc(-c2ccncc2)n1Cc1ccccc1. The van der Waals surface area contributed by atoms with Crippen LogP contribution in [0.3, 0.4) is 0 Å². The van der Waals surface area contributed by atoms with Gasteiger partial charge in [-0.15, -0.1) is 10.2 Å². The smallest absolute Gasteiger partial charge is 0.321 e. The quantitative estimate of drug-likeness (QED) is 0.581. The molecule has 1 atom stereocenters. The predicted molar refractivity (Wildman–Crippen MR) is 111 cm³/mol. The van der Waals surface area contributed by atoms with Crippen LogP contribution in [0.5, 0.6) is 0 Å². The van der Waals surface area contributed by atoms with Crippen molar-refractivity contribution in [2.24, 2.45) is 0 Å². The first-order chi connectivity index (χ1) is 14.1. The first-order valence-electron chi connectivity index (χ1n) is 9.21. The van der Waals surface area contributed by atoms with Crippen molar-refractivity contribution in [3.63, 3.8) is 0 Å². The maximum Gasteiger partial charge on any atom is 0.321 e. The summed E-state index contributed by atoms with van der Waals surface area (Å²) < 4.78 is 1.96. The van der Waals surface area contributed by atoms with E-state index in [2.05, 4.69) is 25.8 Å². The largest absolute Gasteiger partial charge is 0.338 e. The van der Waals surface area contributed by atoms with Crippen molar-refractivity contribution in [2.75, 3.05) is 6.54 Å². The molecule has 2 aromatic heterocycles. The molecule has 3 amide bonds. The second-order valence-electron chi connectivity index (χ2n) is 6.22. The fourth-order valence-electron chi connectivity index (χ4n) is 2.63. The van der Waals surface area contributed by atoms with Gasteiger partial charge in [-0.1, -0.05) is 42.1 Å². The molecule has 2 heterocycles. The number of carbonyl (C=O) groups is 2. The van der Waals surface area contributed by atoms with Crippen molar-refractivity contribution in [2.45, 2.75) is 30.8 Å². The van der Waals surface area contributed by atoms with E-state index < -0.39 is 11.3 Å². The minimum Gasteiger partial charge on any atom is -0.338 e. The summed E-state index contributed by atoms with van der Waals surface area (Å²) in [7, 11) is 0. The first-order valence-corrected chi connectivity index (χ1v) is 10.1. The summed E-state index contributed by atoms with van der Waals surface area (Å²) in [6, 6.07) is 13.2. The zero-order valence-corrected chi connectivity index (χ0v) is 17.0. The highest BCUT2D eigenvalue weighted by Gasteiger charge is 2.22. The molecule has 29 heavy (non-hydrogen) atoms. The third kappa shape index (κ3) is 5.41. The van der Waals surface area contributed by atoms with E-state index in [0.29, 0.717) is 24.1 Å². The number of urea groups is 1. The number of rotatable bonds is 7. The van der Waals surface area contributed by atoms with Crippen LogP contribution >= 0.6 is 11.8 Å². The second-order valence-corrected chi connectivity index (χ2v) is 7.53. The van der Waals surface area contributed by atoms with E-state index in [-0.39, 0.29) is 5.91 Å². The molecule has 150 valence electrons. The molecule has 9 heteroatoms. The normalized spacial score (nSPS) is 11.7. The van der Waals surface area contributed by atoms with Gasteiger partial charge in [0.2, 0.25) is 5.91 Å². The summed E-state index contributed by atoms with van der Waals surface area (Å²) in [4.78, 5) is 28.0. The Hall–Kier alpha value is -3.20. The molecule has 0 saturated carbocycles. The van der Waals surface area contributed by atoms with Gasteiger partial charge in [0.25, 0.3) is 0 Å². The highest BCUT2D eigenvalue weighted by Crippen LogP contribution is 2.27. The molecule has 2 N–H and O–H groups in total. The number of pyridine rings is 1. The number of amides is 3. The zero-order valence-electron chi connectivity index (χ0n) is 16.2. The van der Waals surface area contributed by atoms with Gasteiger partial charge in [-0.2, -0.15) is 0 Å². The fraction of sp³-hybridized carbons (Fsp3) is 0.250. The van der Waals surface area contributed by atoms with Gasteiger partial charge < -0.3 is 5.32 Å². The molecule has 0 spiro atoms. The number of carbonyl (C=O) groups excluding carboxylic acids is 2. The number of nitrogens with one attached hydrogen (secondary N) is 2. The molecule has 0 bridgehead atoms. The lowest BCUT2D eigenvalue weighted by Gasteiger charge is -2.13. The van der Waals surface area contributed by atoms with Gasteiger partial charge in [-0.05, 0) is 31.5 Å². The van der Waals surface area contributed by atoms with Gasteiger partial charge in [-0.25, -0.2) is 4.79 Å². The van der Waals surface area contributed by atoms with Crippen molar-refractivity contribution in [3.8, 4) is 11.4 Å². The van der Waals surface area contributed by atoms with E-state index in [1.165, 1.54) is 11.8 Å². The molecular weight excluding hydrogens is 388 g/mol. The third-order valence-corrected chi connectivity index (χ3v) is 5.14. The van der Waals surface area contributed by atoms with E-state index in [1.807, 2.05) is 47.0 Å². The number of hydrogen-bond donors (Lipinski definition) is 2. The highest BCUT2D eigenvalue weighted by atomic mass is 32.2. The highest BCUT2D eigenvalue weighted by molar-refractivity contribution is 8.00. The summed E-state index contributed by atoms with van der Waals surface area (Å²) >= 11 is 1.25. The number of thioether (sulfide) groups is 1. The van der Waals surface area contributed by atoms with Gasteiger partial charge in [0.05, 0.1) is 11.8 Å². The molecule has 3 rings (SSSR count). The van der Waals surface area contributed by atoms with Crippen LogP contribution in [0.25, 0.3) is 11.4 Å². The van der Waals surface area contributed by atoms with Crippen molar-refractivity contribution in [3.05, 3.63) is 60.4 Å². The second kappa shape index (κ2) is 9.83. The summed E-state index contributed by atoms with van der Waals surface area (Å²) in [5, 5.41) is 13.6. The topological polar surface area (TPSA) is 102 Å². The Kier molecular flexibility index (Phi) is 6.96. The van der Waals surface area contributed by atoms with Gasteiger partial charge in [-0.3, -0.25) is 19.7 Å². The van der Waals surface area contributed by atoms with Crippen LogP contribution in [0.1, 0.15) is 19.4 Å². The first kappa shape index (κ1) is 20.5. The molecule has 0 saturated heterocycles. The van der Waals surface area contributed by atoms with Crippen LogP contribution in [0.15, 0.2) is 60.0 Å². The van der Waals surface area contributed by atoms with E-state index in [9.17, 15) is 9.59 Å². The fourth-order valence-corrected chi connectivity index (χ4v) is 3.48. The molecule has 8 nitrogen and oxygen atoms in total. The van der Waals surface area contributed by atoms with Crippen LogP contribution in [0.4, 0.5) is 4.79 Å². The molecule has 1 unspecified atom stereocenters. The van der Waals surface area contributed by atoms with E-state index in [1.54, 1.807) is 26.2 Å². The van der Waals surface area contributed by atoms with E-state index in [0.717, 1.165) is 11.1 Å². The monoisotopic (exact) mass is 410 g/mol. The van der Waals surface area contributed by atoms with Gasteiger partial charge in [0.15, 0.2) is 11.0 Å². The number of hydrogen-bond acceptors (Lipinski definition) is 6. The van der Waals surface area contributed by atoms with Gasteiger partial charge in [0.1, 0.15) is 0 Å². The summed E-state index contributed by atoms with van der Waals surface area (Å²) in [6.07, 6.45) is 3.40. The molecule has 0 radical (unpaired) electrons. The number of benzene rings is 1. The lowest BCUT2D eigenvalue weighted by atomic mass is 10.2. The minimum atomic E-state index is -0.526. The van der Waals surface area contributed by atoms with E-state index >= 15 is 0 Å². The molecular formula is C20H22N6O2S. The maximum atomic E-state index is 12.3. The molecule has 3 aromatic rings. The van der Waals surface area contributed by atoms with E-state index in [4.69, 9.17) is 0 Å². The van der Waals surface area contributed by atoms with Crippen LogP contribution in [0, 0.1) is 0 Å². The zero-order chi connectivity index (χ0) is 20.6. The standard InChI is InChI=1S/C20H22N6O2S/c1-3-22-19(28)23-18(27)14(2)29-20-25-24-17(16-9-11-21-12-10-16)26(20)13-15-7-5-4-6-8-15/h4-12,14H,3,13H2,1-2H3,(H2,22,23,27,28). The van der Waals surface area contributed by atoms with Gasteiger partial charge in [0, 0.05) is 24.5 Å². The lowest BCUT2D eigenvalue weighted by molar-refractivity contribution is -0.119. The van der Waals surface area contributed by atoms with Crippen molar-refractivity contribution < 1.29 is 9.59 Å². The Morgan fingerprint density at radius 3 is 2.52 bits per heavy atom. The van der Waals surface area contributed by atoms with Crippen molar-refractivity contribution >= 4 is 23.7 Å². The lowest BCUT2D eigenvalue weighted by Crippen LogP contribution is -2.42. The number of nitrogens with zero attached hydrogens (tertiary/aromatic N) is 4. The Bertz CT molecular complexity index is 962. The minimum absolute atomic E-state index is 0.388. The van der Waals surface area contributed by atoms with Crippen molar-refractivity contribution in [1.82, 2.24) is 30.4 Å². The molecule has 0 aliphatic heterocycles. The third-order valence-electron chi connectivity index (χ3n) is 4.06. The molecule has 1 aromatic carbocycles. The van der Waals surface area contributed by atoms with Crippen LogP contribution < -0.4 is 10.6 Å². The summed E-state index contributed by atoms with van der Waals surface area (Å²) in [6.45, 7) is 4.52. The Balaban J connectivity index is 1.85. The Labute approximate surface area is 173 Å². The van der Waals surface area contributed by atoms with Crippen LogP contribution in [-0.4, -0.2) is 43.5 Å². The van der Waals surface area contributed by atoms with Crippen molar-refractivity contribution in [1.29, 1.82) is 0 Å². The molecule has 0 fully saturated rings. The number of imide groups is 1. The average Bonchev–Trinajstić information content (AvgIpc) is 3.11. The predicted octanol–water partition coefficient (Wildman–Crippen LogP) is 2.71. The maximum absolute atomic E-state index is 12.3. The molecule has 0 aliphatic rings. The summed E-state index contributed by atoms with van der Waals surface area (Å²) in [5.74, 6) is 0.302. The summed E-state index contributed by atoms with van der Waals surface area (Å²) in [5.41, 5.74) is 1.97. The Morgan fingerprint density at radius 1 is 1.10 bits per heavy atom.